The molecule has 0 unspecified atom stereocenters. The van der Waals surface area contributed by atoms with Gasteiger partial charge in [0.2, 0.25) is 0 Å². The molecular formula is C9H10Cl2O3S. The van der Waals surface area contributed by atoms with E-state index in [9.17, 15) is 8.42 Å². The molecule has 3 nitrogen and oxygen atoms in total. The Hall–Kier alpha value is -0.450. The molecular weight excluding hydrogens is 259 g/mol. The van der Waals surface area contributed by atoms with Crippen molar-refractivity contribution in [1.29, 1.82) is 0 Å². The number of rotatable bonds is 2. The van der Waals surface area contributed by atoms with E-state index in [0.717, 1.165) is 0 Å². The SMILES string of the molecule is COc1c(C)cc(S(=O)(=O)Cl)c(C)c1Cl. The number of ether oxygens (including phenoxy) is 1. The summed E-state index contributed by atoms with van der Waals surface area (Å²) in [7, 11) is 2.98. The van der Waals surface area contributed by atoms with E-state index >= 15 is 0 Å². The number of aryl methyl sites for hydroxylation is 1. The van der Waals surface area contributed by atoms with Crippen LogP contribution in [0.15, 0.2) is 11.0 Å². The van der Waals surface area contributed by atoms with Gasteiger partial charge in [-0.05, 0) is 31.0 Å². The molecule has 0 heterocycles. The normalized spacial score (nSPS) is 11.5. The van der Waals surface area contributed by atoms with E-state index in [0.29, 0.717) is 16.9 Å². The van der Waals surface area contributed by atoms with Crippen LogP contribution in [0.25, 0.3) is 0 Å². The third kappa shape index (κ3) is 2.38. The van der Waals surface area contributed by atoms with Crippen molar-refractivity contribution in [2.75, 3.05) is 7.11 Å². The van der Waals surface area contributed by atoms with Gasteiger partial charge < -0.3 is 4.74 Å². The van der Waals surface area contributed by atoms with Crippen molar-refractivity contribution in [2.45, 2.75) is 18.7 Å². The van der Waals surface area contributed by atoms with Crippen LogP contribution >= 0.6 is 22.3 Å². The summed E-state index contributed by atoms with van der Waals surface area (Å²) in [6.45, 7) is 3.29. The van der Waals surface area contributed by atoms with Gasteiger partial charge in [0.15, 0.2) is 0 Å². The van der Waals surface area contributed by atoms with Crippen molar-refractivity contribution in [3.05, 3.63) is 22.2 Å². The van der Waals surface area contributed by atoms with Crippen molar-refractivity contribution in [2.24, 2.45) is 0 Å². The fourth-order valence-electron chi connectivity index (χ4n) is 1.33. The van der Waals surface area contributed by atoms with Crippen LogP contribution < -0.4 is 4.74 Å². The Kier molecular flexibility index (Phi) is 3.53. The molecule has 15 heavy (non-hydrogen) atoms. The first-order valence-electron chi connectivity index (χ1n) is 4.07. The van der Waals surface area contributed by atoms with E-state index in [1.54, 1.807) is 13.8 Å². The van der Waals surface area contributed by atoms with Gasteiger partial charge in [-0.15, -0.1) is 0 Å². The van der Waals surface area contributed by atoms with Gasteiger partial charge in [0.05, 0.1) is 17.0 Å². The van der Waals surface area contributed by atoms with Crippen molar-refractivity contribution in [3.8, 4) is 5.75 Å². The molecule has 0 saturated heterocycles. The number of hydrogen-bond acceptors (Lipinski definition) is 3. The summed E-state index contributed by atoms with van der Waals surface area (Å²) in [6, 6.07) is 1.45. The van der Waals surface area contributed by atoms with Gasteiger partial charge in [-0.1, -0.05) is 11.6 Å². The van der Waals surface area contributed by atoms with Gasteiger partial charge in [-0.3, -0.25) is 0 Å². The van der Waals surface area contributed by atoms with E-state index in [1.165, 1.54) is 13.2 Å². The highest BCUT2D eigenvalue weighted by atomic mass is 35.7. The second kappa shape index (κ2) is 4.20. The van der Waals surface area contributed by atoms with Crippen molar-refractivity contribution < 1.29 is 13.2 Å². The van der Waals surface area contributed by atoms with Crippen LogP contribution in [-0.4, -0.2) is 15.5 Å². The molecule has 0 aliphatic rings. The molecule has 0 fully saturated rings. The first kappa shape index (κ1) is 12.6. The van der Waals surface area contributed by atoms with Crippen LogP contribution in [-0.2, 0) is 9.05 Å². The minimum Gasteiger partial charge on any atom is -0.495 e. The minimum absolute atomic E-state index is 0.0208. The number of benzene rings is 1. The number of halogens is 2. The maximum atomic E-state index is 11.2. The van der Waals surface area contributed by atoms with Crippen molar-refractivity contribution >= 4 is 31.3 Å². The van der Waals surface area contributed by atoms with Crippen molar-refractivity contribution in [1.82, 2.24) is 0 Å². The standard InChI is InChI=1S/C9H10Cl2O3S/c1-5-4-7(15(11,12)13)6(2)8(10)9(5)14-3/h4H,1-3H3. The average molecular weight is 269 g/mol. The lowest BCUT2D eigenvalue weighted by atomic mass is 10.1. The van der Waals surface area contributed by atoms with Gasteiger partial charge >= 0.3 is 0 Å². The predicted octanol–water partition coefficient (Wildman–Crippen LogP) is 2.89. The number of methoxy groups -OCH3 is 1. The molecule has 0 aromatic heterocycles. The van der Waals surface area contributed by atoms with Gasteiger partial charge in [0.25, 0.3) is 9.05 Å². The Bertz CT molecular complexity index is 495. The first-order chi connectivity index (χ1) is 6.79. The molecule has 0 saturated carbocycles. The molecule has 0 bridgehead atoms. The van der Waals surface area contributed by atoms with Crippen LogP contribution in [0, 0.1) is 13.8 Å². The lowest BCUT2D eigenvalue weighted by molar-refractivity contribution is 0.411. The van der Waals surface area contributed by atoms with Gasteiger partial charge in [0.1, 0.15) is 5.75 Å². The summed E-state index contributed by atoms with van der Waals surface area (Å²) >= 11 is 5.96. The maximum absolute atomic E-state index is 11.2. The highest BCUT2D eigenvalue weighted by Crippen LogP contribution is 2.36. The molecule has 0 amide bonds. The van der Waals surface area contributed by atoms with E-state index < -0.39 is 9.05 Å². The zero-order valence-corrected chi connectivity index (χ0v) is 10.8. The highest BCUT2D eigenvalue weighted by Gasteiger charge is 2.19. The summed E-state index contributed by atoms with van der Waals surface area (Å²) in [4.78, 5) is 0.0208. The third-order valence-corrected chi connectivity index (χ3v) is 3.97. The Morgan fingerprint density at radius 3 is 2.27 bits per heavy atom. The molecule has 0 aliphatic carbocycles. The molecule has 84 valence electrons. The van der Waals surface area contributed by atoms with Crippen LogP contribution in [0.4, 0.5) is 0 Å². The van der Waals surface area contributed by atoms with Crippen LogP contribution in [0.1, 0.15) is 11.1 Å². The summed E-state index contributed by atoms with van der Waals surface area (Å²) in [5.41, 5.74) is 1.03. The molecule has 0 atom stereocenters. The van der Waals surface area contributed by atoms with Gasteiger partial charge in [-0.25, -0.2) is 8.42 Å². The molecule has 0 N–H and O–H groups in total. The average Bonchev–Trinajstić information content (AvgIpc) is 2.10. The second-order valence-electron chi connectivity index (χ2n) is 3.10. The lowest BCUT2D eigenvalue weighted by Crippen LogP contribution is -1.99. The largest absolute Gasteiger partial charge is 0.495 e. The molecule has 0 spiro atoms. The van der Waals surface area contributed by atoms with E-state index in [4.69, 9.17) is 27.0 Å². The summed E-state index contributed by atoms with van der Waals surface area (Å²) in [5, 5.41) is 0.275. The van der Waals surface area contributed by atoms with Gasteiger partial charge in [-0.2, -0.15) is 0 Å². The molecule has 1 rings (SSSR count). The Labute approximate surface area is 98.4 Å². The van der Waals surface area contributed by atoms with Crippen LogP contribution in [0.2, 0.25) is 5.02 Å². The molecule has 1 aromatic rings. The quantitative estimate of drug-likeness (QED) is 0.775. The zero-order valence-electron chi connectivity index (χ0n) is 8.47. The van der Waals surface area contributed by atoms with E-state index in [1.807, 2.05) is 0 Å². The van der Waals surface area contributed by atoms with Crippen LogP contribution in [0.3, 0.4) is 0 Å². The summed E-state index contributed by atoms with van der Waals surface area (Å²) in [6.07, 6.45) is 0. The van der Waals surface area contributed by atoms with Gasteiger partial charge in [0, 0.05) is 10.7 Å². The summed E-state index contributed by atoms with van der Waals surface area (Å²) in [5.74, 6) is 0.471. The van der Waals surface area contributed by atoms with E-state index in [-0.39, 0.29) is 9.92 Å². The maximum Gasteiger partial charge on any atom is 0.261 e. The molecule has 1 aromatic carbocycles. The topological polar surface area (TPSA) is 43.4 Å². The second-order valence-corrected chi connectivity index (χ2v) is 6.01. The summed E-state index contributed by atoms with van der Waals surface area (Å²) < 4.78 is 27.5. The highest BCUT2D eigenvalue weighted by molar-refractivity contribution is 8.13. The van der Waals surface area contributed by atoms with E-state index in [2.05, 4.69) is 0 Å². The third-order valence-electron chi connectivity index (χ3n) is 2.07. The Balaban J connectivity index is 3.62. The first-order valence-corrected chi connectivity index (χ1v) is 6.76. The van der Waals surface area contributed by atoms with Crippen LogP contribution in [0.5, 0.6) is 5.75 Å². The Morgan fingerprint density at radius 1 is 1.33 bits per heavy atom. The number of hydrogen-bond donors (Lipinski definition) is 0. The molecule has 0 aliphatic heterocycles. The fourth-order valence-corrected chi connectivity index (χ4v) is 2.98. The Morgan fingerprint density at radius 2 is 1.87 bits per heavy atom. The zero-order chi connectivity index (χ0) is 11.8. The fraction of sp³-hybridized carbons (Fsp3) is 0.333. The molecule has 6 heteroatoms. The van der Waals surface area contributed by atoms with Crippen molar-refractivity contribution in [3.63, 3.8) is 0 Å². The molecule has 0 radical (unpaired) electrons. The minimum atomic E-state index is -3.77. The lowest BCUT2D eigenvalue weighted by Gasteiger charge is -2.12. The monoisotopic (exact) mass is 268 g/mol. The smallest absolute Gasteiger partial charge is 0.261 e. The predicted molar refractivity (Wildman–Crippen MR) is 60.5 cm³/mol.